The highest BCUT2D eigenvalue weighted by Crippen LogP contribution is 2.13. The lowest BCUT2D eigenvalue weighted by Crippen LogP contribution is -2.25. The summed E-state index contributed by atoms with van der Waals surface area (Å²) < 4.78 is 0. The molecule has 2 heterocycles. The number of aromatic hydroxyl groups is 1. The molecule has 0 spiro atoms. The molecule has 92 valence electrons. The van der Waals surface area contributed by atoms with Crippen molar-refractivity contribution in [2.45, 2.75) is 6.42 Å². The predicted octanol–water partition coefficient (Wildman–Crippen LogP) is 1.15. The van der Waals surface area contributed by atoms with Crippen LogP contribution in [0, 0.1) is 0 Å². The molecule has 0 bridgehead atoms. The minimum atomic E-state index is -0.314. The van der Waals surface area contributed by atoms with E-state index in [2.05, 4.69) is 15.3 Å². The Morgan fingerprint density at radius 3 is 2.89 bits per heavy atom. The molecule has 0 atom stereocenters. The van der Waals surface area contributed by atoms with Crippen molar-refractivity contribution in [3.63, 3.8) is 0 Å². The summed E-state index contributed by atoms with van der Waals surface area (Å²) in [4.78, 5) is 19.6. The number of aromatic nitrogens is 2. The van der Waals surface area contributed by atoms with Gasteiger partial charge in [0, 0.05) is 31.1 Å². The van der Waals surface area contributed by atoms with E-state index in [1.54, 1.807) is 6.20 Å². The molecule has 0 unspecified atom stereocenters. The van der Waals surface area contributed by atoms with Gasteiger partial charge in [-0.05, 0) is 18.2 Å². The van der Waals surface area contributed by atoms with Crippen LogP contribution in [-0.4, -0.2) is 27.5 Å². The molecule has 0 aromatic carbocycles. The SMILES string of the molecule is O=C(NCCc1ccccn1)c1ccncc1O. The van der Waals surface area contributed by atoms with Crippen LogP contribution in [-0.2, 0) is 6.42 Å². The predicted molar refractivity (Wildman–Crippen MR) is 66.2 cm³/mol. The smallest absolute Gasteiger partial charge is 0.255 e. The Balaban J connectivity index is 1.88. The zero-order valence-corrected chi connectivity index (χ0v) is 9.71. The van der Waals surface area contributed by atoms with Crippen molar-refractivity contribution in [1.29, 1.82) is 0 Å². The van der Waals surface area contributed by atoms with Gasteiger partial charge in [0.15, 0.2) is 0 Å². The lowest BCUT2D eigenvalue weighted by Gasteiger charge is -2.05. The number of rotatable bonds is 4. The van der Waals surface area contributed by atoms with E-state index in [4.69, 9.17) is 0 Å². The van der Waals surface area contributed by atoms with Gasteiger partial charge in [-0.1, -0.05) is 6.07 Å². The molecule has 1 amide bonds. The zero-order valence-electron chi connectivity index (χ0n) is 9.71. The zero-order chi connectivity index (χ0) is 12.8. The minimum absolute atomic E-state index is 0.118. The summed E-state index contributed by atoms with van der Waals surface area (Å²) in [6.07, 6.45) is 5.07. The molecule has 0 saturated carbocycles. The number of hydrogen-bond acceptors (Lipinski definition) is 4. The number of carbonyl (C=O) groups excluding carboxylic acids is 1. The van der Waals surface area contributed by atoms with Crippen molar-refractivity contribution in [3.05, 3.63) is 54.1 Å². The fourth-order valence-electron chi connectivity index (χ4n) is 1.52. The van der Waals surface area contributed by atoms with E-state index in [-0.39, 0.29) is 17.2 Å². The largest absolute Gasteiger partial charge is 0.505 e. The monoisotopic (exact) mass is 243 g/mol. The van der Waals surface area contributed by atoms with Crippen LogP contribution in [0.15, 0.2) is 42.9 Å². The molecule has 0 aliphatic carbocycles. The maximum absolute atomic E-state index is 11.7. The summed E-state index contributed by atoms with van der Waals surface area (Å²) in [5, 5.41) is 12.2. The second kappa shape index (κ2) is 5.77. The second-order valence-electron chi connectivity index (χ2n) is 3.72. The van der Waals surface area contributed by atoms with Gasteiger partial charge in [0.1, 0.15) is 5.75 Å². The summed E-state index contributed by atoms with van der Waals surface area (Å²) in [6.45, 7) is 0.470. The van der Waals surface area contributed by atoms with Crippen LogP contribution in [0.2, 0.25) is 0 Å². The average molecular weight is 243 g/mol. The summed E-state index contributed by atoms with van der Waals surface area (Å²) in [7, 11) is 0. The number of amides is 1. The Labute approximate surface area is 105 Å². The normalized spacial score (nSPS) is 10.0. The number of hydrogen-bond donors (Lipinski definition) is 2. The van der Waals surface area contributed by atoms with Crippen LogP contribution in [0.5, 0.6) is 5.75 Å². The lowest BCUT2D eigenvalue weighted by atomic mass is 10.2. The Morgan fingerprint density at radius 1 is 1.28 bits per heavy atom. The first-order chi connectivity index (χ1) is 8.77. The van der Waals surface area contributed by atoms with Gasteiger partial charge in [0.2, 0.25) is 0 Å². The highest BCUT2D eigenvalue weighted by Gasteiger charge is 2.09. The van der Waals surface area contributed by atoms with Crippen LogP contribution in [0.25, 0.3) is 0 Å². The topological polar surface area (TPSA) is 75.1 Å². The minimum Gasteiger partial charge on any atom is -0.505 e. The molecular formula is C13H13N3O2. The van der Waals surface area contributed by atoms with Gasteiger partial charge < -0.3 is 10.4 Å². The van der Waals surface area contributed by atoms with Gasteiger partial charge in [-0.15, -0.1) is 0 Å². The number of pyridine rings is 2. The third-order valence-corrected chi connectivity index (χ3v) is 2.44. The standard InChI is InChI=1S/C13H13N3O2/c17-12-9-14-7-5-11(12)13(18)16-8-4-10-3-1-2-6-15-10/h1-3,5-7,9,17H,4,8H2,(H,16,18). The van der Waals surface area contributed by atoms with Crippen molar-refractivity contribution in [3.8, 4) is 5.75 Å². The molecule has 2 aromatic heterocycles. The molecule has 18 heavy (non-hydrogen) atoms. The number of carbonyl (C=O) groups is 1. The summed E-state index contributed by atoms with van der Waals surface area (Å²) in [5.74, 6) is -0.432. The maximum atomic E-state index is 11.7. The first-order valence-electron chi connectivity index (χ1n) is 5.58. The van der Waals surface area contributed by atoms with Crippen molar-refractivity contribution in [2.75, 3.05) is 6.54 Å². The molecule has 5 nitrogen and oxygen atoms in total. The molecule has 0 radical (unpaired) electrons. The first-order valence-corrected chi connectivity index (χ1v) is 5.58. The molecule has 0 fully saturated rings. The molecule has 2 N–H and O–H groups in total. The van der Waals surface area contributed by atoms with Gasteiger partial charge in [-0.25, -0.2) is 0 Å². The molecule has 5 heteroatoms. The first kappa shape index (κ1) is 12.0. The molecule has 2 aromatic rings. The summed E-state index contributed by atoms with van der Waals surface area (Å²) in [5.41, 5.74) is 1.14. The van der Waals surface area contributed by atoms with Crippen LogP contribution in [0.1, 0.15) is 16.1 Å². The Bertz CT molecular complexity index is 529. The van der Waals surface area contributed by atoms with Crippen molar-refractivity contribution >= 4 is 5.91 Å². The maximum Gasteiger partial charge on any atom is 0.255 e. The Kier molecular flexibility index (Phi) is 3.86. The van der Waals surface area contributed by atoms with E-state index < -0.39 is 0 Å². The summed E-state index contributed by atoms with van der Waals surface area (Å²) in [6, 6.07) is 7.12. The molecule has 0 aliphatic rings. The molecule has 2 rings (SSSR count). The van der Waals surface area contributed by atoms with E-state index in [0.29, 0.717) is 13.0 Å². The van der Waals surface area contributed by atoms with Crippen molar-refractivity contribution in [2.24, 2.45) is 0 Å². The third-order valence-electron chi connectivity index (χ3n) is 2.44. The van der Waals surface area contributed by atoms with E-state index >= 15 is 0 Å². The fraction of sp³-hybridized carbons (Fsp3) is 0.154. The van der Waals surface area contributed by atoms with Crippen LogP contribution in [0.4, 0.5) is 0 Å². The van der Waals surface area contributed by atoms with E-state index in [0.717, 1.165) is 5.69 Å². The second-order valence-corrected chi connectivity index (χ2v) is 3.72. The van der Waals surface area contributed by atoms with Crippen molar-refractivity contribution < 1.29 is 9.90 Å². The highest BCUT2D eigenvalue weighted by atomic mass is 16.3. The van der Waals surface area contributed by atoms with Crippen LogP contribution >= 0.6 is 0 Å². The van der Waals surface area contributed by atoms with Gasteiger partial charge in [-0.2, -0.15) is 0 Å². The number of nitrogens with one attached hydrogen (secondary N) is 1. The Morgan fingerprint density at radius 2 is 2.17 bits per heavy atom. The van der Waals surface area contributed by atoms with Crippen molar-refractivity contribution in [1.82, 2.24) is 15.3 Å². The fourth-order valence-corrected chi connectivity index (χ4v) is 1.52. The average Bonchev–Trinajstić information content (AvgIpc) is 2.40. The van der Waals surface area contributed by atoms with Gasteiger partial charge in [0.25, 0.3) is 5.91 Å². The van der Waals surface area contributed by atoms with E-state index in [9.17, 15) is 9.90 Å². The quantitative estimate of drug-likeness (QED) is 0.844. The van der Waals surface area contributed by atoms with Gasteiger partial charge >= 0.3 is 0 Å². The molecule has 0 saturated heterocycles. The number of nitrogens with zero attached hydrogens (tertiary/aromatic N) is 2. The Hall–Kier alpha value is -2.43. The summed E-state index contributed by atoms with van der Waals surface area (Å²) >= 11 is 0. The van der Waals surface area contributed by atoms with Crippen LogP contribution in [0.3, 0.4) is 0 Å². The molecular weight excluding hydrogens is 230 g/mol. The van der Waals surface area contributed by atoms with Gasteiger partial charge in [-0.3, -0.25) is 14.8 Å². The third kappa shape index (κ3) is 3.04. The lowest BCUT2D eigenvalue weighted by molar-refractivity contribution is 0.0951. The van der Waals surface area contributed by atoms with Gasteiger partial charge in [0.05, 0.1) is 11.8 Å². The van der Waals surface area contributed by atoms with Crippen LogP contribution < -0.4 is 5.32 Å². The highest BCUT2D eigenvalue weighted by molar-refractivity contribution is 5.96. The van der Waals surface area contributed by atoms with E-state index in [1.165, 1.54) is 18.5 Å². The molecule has 0 aliphatic heterocycles. The van der Waals surface area contributed by atoms with E-state index in [1.807, 2.05) is 18.2 Å².